The molecule has 0 saturated heterocycles. The first-order valence-electron chi connectivity index (χ1n) is 11.6. The molecule has 0 unspecified atom stereocenters. The zero-order valence-electron chi connectivity index (χ0n) is 19.6. The molecule has 1 aliphatic heterocycles. The van der Waals surface area contributed by atoms with Crippen LogP contribution in [-0.2, 0) is 13.4 Å². The summed E-state index contributed by atoms with van der Waals surface area (Å²) in [4.78, 5) is 0. The van der Waals surface area contributed by atoms with Crippen LogP contribution < -0.4 is 9.03 Å². The summed E-state index contributed by atoms with van der Waals surface area (Å²) in [5, 5.41) is 3.11. The number of para-hydroxylation sites is 1. The summed E-state index contributed by atoms with van der Waals surface area (Å²) >= 11 is 0.311. The summed E-state index contributed by atoms with van der Waals surface area (Å²) in [6.45, 7) is 2.13. The summed E-state index contributed by atoms with van der Waals surface area (Å²) in [6, 6.07) is 23.0. The normalized spacial score (nSPS) is 16.2. The predicted octanol–water partition coefficient (Wildman–Crippen LogP) is 5.75. The van der Waals surface area contributed by atoms with Gasteiger partial charge in [-0.2, -0.15) is 0 Å². The van der Waals surface area contributed by atoms with Crippen molar-refractivity contribution in [2.24, 2.45) is 7.05 Å². The van der Waals surface area contributed by atoms with Crippen molar-refractivity contribution in [2.45, 2.75) is 25.0 Å². The Hall–Kier alpha value is -2.87. The van der Waals surface area contributed by atoms with Gasteiger partial charge in [-0.1, -0.05) is 0 Å². The van der Waals surface area contributed by atoms with Gasteiger partial charge in [-0.05, 0) is 0 Å². The van der Waals surface area contributed by atoms with E-state index in [2.05, 4.69) is 85.4 Å². The number of nitrogens with zero attached hydrogens (tertiary/aromatic N) is 1. The summed E-state index contributed by atoms with van der Waals surface area (Å²) in [7, 11) is 2.06. The van der Waals surface area contributed by atoms with Crippen molar-refractivity contribution in [1.29, 1.82) is 0 Å². The van der Waals surface area contributed by atoms with Crippen molar-refractivity contribution in [3.8, 4) is 22.4 Å². The molecule has 0 saturated carbocycles. The minimum atomic E-state index is -1.32. The Bertz CT molecular complexity index is 1550. The molecule has 0 fully saturated rings. The first kappa shape index (κ1) is 16.8. The van der Waals surface area contributed by atoms with Crippen LogP contribution >= 0.6 is 0 Å². The van der Waals surface area contributed by atoms with Crippen LogP contribution in [-0.4, -0.2) is 15.0 Å². The number of benzene rings is 3. The van der Waals surface area contributed by atoms with Gasteiger partial charge < -0.3 is 0 Å². The Kier molecular flexibility index (Phi) is 3.99. The average Bonchev–Trinajstić information content (AvgIpc) is 3.18. The van der Waals surface area contributed by atoms with Gasteiger partial charge in [0.2, 0.25) is 0 Å². The third-order valence-electron chi connectivity index (χ3n) is 6.16. The summed E-state index contributed by atoms with van der Waals surface area (Å²) in [6.07, 6.45) is 1.32. The fraction of sp³-hybridized carbons (Fsp3) is 0.179. The van der Waals surface area contributed by atoms with Gasteiger partial charge >= 0.3 is 192 Å². The van der Waals surface area contributed by atoms with Crippen molar-refractivity contribution < 1.29 is 11.7 Å². The monoisotopic (exact) mass is 472 g/mol. The molecule has 0 aliphatic carbocycles. The van der Waals surface area contributed by atoms with Gasteiger partial charge in [0.15, 0.2) is 0 Å². The summed E-state index contributed by atoms with van der Waals surface area (Å²) in [5.41, 5.74) is 7.90. The van der Waals surface area contributed by atoms with E-state index >= 15 is 0 Å². The molecule has 0 N–H and O–H groups in total. The zero-order valence-corrected chi connectivity index (χ0v) is 19.3. The van der Waals surface area contributed by atoms with Crippen LogP contribution in [0.3, 0.4) is 0 Å². The molecule has 2 aromatic heterocycles. The van der Waals surface area contributed by atoms with Crippen molar-refractivity contribution in [3.63, 3.8) is 0 Å². The Labute approximate surface area is 191 Å². The Balaban J connectivity index is 1.69. The van der Waals surface area contributed by atoms with Crippen molar-refractivity contribution in [2.75, 3.05) is 0 Å². The van der Waals surface area contributed by atoms with Gasteiger partial charge in [-0.25, -0.2) is 0 Å². The van der Waals surface area contributed by atoms with Crippen molar-refractivity contribution in [1.82, 2.24) is 0 Å². The van der Waals surface area contributed by atoms with E-state index in [0.717, 1.165) is 55.2 Å². The summed E-state index contributed by atoms with van der Waals surface area (Å²) < 4.78 is 27.5. The molecule has 5 aromatic rings. The molecule has 3 heteroatoms. The van der Waals surface area contributed by atoms with Crippen LogP contribution in [0.25, 0.3) is 44.3 Å². The molecule has 6 rings (SSSR count). The number of hydrogen-bond acceptors (Lipinski definition) is 1. The quantitative estimate of drug-likeness (QED) is 0.237. The standard InChI is InChI=1S/C28H24NOSe/c1-18-14-15-23-22-10-5-9-21(19-8-6-13-25-20(19)11-7-17-31-25)27(22)30-28(23)26(18)24-12-3-4-16-29(24)2/h3-6,8-10,12-16H,7,11,17H2,1-2H3/q+1/i11D2. The van der Waals surface area contributed by atoms with E-state index in [-0.39, 0.29) is 0 Å². The van der Waals surface area contributed by atoms with Gasteiger partial charge in [-0.15, -0.1) is 0 Å². The molecular weight excluding hydrogens is 445 g/mol. The van der Waals surface area contributed by atoms with Gasteiger partial charge in [0, 0.05) is 0 Å². The number of aromatic nitrogens is 1. The zero-order chi connectivity index (χ0) is 22.7. The molecule has 3 aromatic carbocycles. The predicted molar refractivity (Wildman–Crippen MR) is 129 cm³/mol. The maximum atomic E-state index is 8.76. The van der Waals surface area contributed by atoms with E-state index in [9.17, 15) is 0 Å². The third-order valence-corrected chi connectivity index (χ3v) is 8.39. The van der Waals surface area contributed by atoms with E-state index in [1.807, 2.05) is 6.07 Å². The van der Waals surface area contributed by atoms with E-state index in [1.54, 1.807) is 0 Å². The van der Waals surface area contributed by atoms with E-state index < -0.39 is 6.37 Å². The van der Waals surface area contributed by atoms with Crippen LogP contribution in [0.4, 0.5) is 0 Å². The molecule has 0 radical (unpaired) electrons. The van der Waals surface area contributed by atoms with Crippen LogP contribution in [0.15, 0.2) is 77.3 Å². The molecular formula is C28H24NOSe+. The first-order chi connectivity index (χ1) is 16.0. The van der Waals surface area contributed by atoms with Crippen LogP contribution in [0.1, 0.15) is 20.3 Å². The second-order valence-corrected chi connectivity index (χ2v) is 10.5. The van der Waals surface area contributed by atoms with Crippen LogP contribution in [0.2, 0.25) is 5.32 Å². The van der Waals surface area contributed by atoms with E-state index in [1.165, 1.54) is 10.0 Å². The van der Waals surface area contributed by atoms with Crippen molar-refractivity contribution >= 4 is 41.4 Å². The molecule has 0 spiro atoms. The summed E-state index contributed by atoms with van der Waals surface area (Å²) in [5.74, 6) is 0. The molecule has 1 aliphatic rings. The third kappa shape index (κ3) is 2.96. The number of fused-ring (bicyclic) bond motifs is 4. The maximum absolute atomic E-state index is 8.76. The fourth-order valence-electron chi connectivity index (χ4n) is 4.67. The van der Waals surface area contributed by atoms with Crippen molar-refractivity contribution in [3.05, 3.63) is 84.1 Å². The number of aryl methyl sites for hydroxylation is 2. The van der Waals surface area contributed by atoms with Crippen LogP contribution in [0.5, 0.6) is 0 Å². The Morgan fingerprint density at radius 1 is 0.903 bits per heavy atom. The first-order valence-corrected chi connectivity index (χ1v) is 12.7. The number of hydrogen-bond donors (Lipinski definition) is 0. The molecule has 0 amide bonds. The number of pyridine rings is 1. The van der Waals surface area contributed by atoms with E-state index in [4.69, 9.17) is 7.16 Å². The Morgan fingerprint density at radius 2 is 1.74 bits per heavy atom. The van der Waals surface area contributed by atoms with Gasteiger partial charge in [-0.3, -0.25) is 0 Å². The van der Waals surface area contributed by atoms with Gasteiger partial charge in [0.05, 0.1) is 0 Å². The van der Waals surface area contributed by atoms with E-state index in [0.29, 0.717) is 21.4 Å². The number of furan rings is 1. The van der Waals surface area contributed by atoms with Crippen LogP contribution in [0, 0.1) is 6.92 Å². The number of rotatable bonds is 2. The fourth-order valence-corrected chi connectivity index (χ4v) is 6.61. The SMILES string of the molecule is [2H]C1([2H])CC[Se]c2cccc(-c3cccc4c3oc3c(-c5cccc[n+]5C)c(C)ccc34)c21. The molecule has 3 heterocycles. The second-order valence-electron chi connectivity index (χ2n) is 8.07. The molecule has 0 bridgehead atoms. The molecule has 2 nitrogen and oxygen atoms in total. The van der Waals surface area contributed by atoms with Gasteiger partial charge in [0.25, 0.3) is 0 Å². The topological polar surface area (TPSA) is 17.0 Å². The molecule has 31 heavy (non-hydrogen) atoms. The second kappa shape index (κ2) is 7.37. The minimum absolute atomic E-state index is 0.311. The molecule has 0 atom stereocenters. The van der Waals surface area contributed by atoms with Gasteiger partial charge in [0.1, 0.15) is 0 Å². The Morgan fingerprint density at radius 3 is 2.65 bits per heavy atom. The average molecular weight is 471 g/mol. The molecule has 152 valence electrons.